The zero-order valence-corrected chi connectivity index (χ0v) is 18.9. The minimum Gasteiger partial charge on any atom is -0.478 e. The Hall–Kier alpha value is -4.57. The van der Waals surface area contributed by atoms with E-state index in [1.165, 1.54) is 17.8 Å². The molecule has 10 heteroatoms. The highest BCUT2D eigenvalue weighted by molar-refractivity contribution is 8.00. The van der Waals surface area contributed by atoms with Crippen LogP contribution in [-0.4, -0.2) is 44.7 Å². The predicted molar refractivity (Wildman–Crippen MR) is 132 cm³/mol. The van der Waals surface area contributed by atoms with Gasteiger partial charge < -0.3 is 25.8 Å². The number of carbonyl (C=O) groups is 4. The molecule has 0 aliphatic rings. The second-order valence-electron chi connectivity index (χ2n) is 7.47. The molecule has 1 heterocycles. The monoisotopic (exact) mass is 489 g/mol. The normalized spacial score (nSPS) is 10.6. The van der Waals surface area contributed by atoms with Crippen molar-refractivity contribution in [3.63, 3.8) is 0 Å². The Morgan fingerprint density at radius 2 is 1.60 bits per heavy atom. The predicted octanol–water partition coefficient (Wildman–Crippen LogP) is 4.55. The van der Waals surface area contributed by atoms with Gasteiger partial charge in [-0.1, -0.05) is 12.1 Å². The largest absolute Gasteiger partial charge is 0.478 e. The van der Waals surface area contributed by atoms with E-state index in [-0.39, 0.29) is 22.8 Å². The smallest absolute Gasteiger partial charge is 0.336 e. The maximum atomic E-state index is 12.7. The molecule has 0 aliphatic carbocycles. The van der Waals surface area contributed by atoms with Gasteiger partial charge in [-0.25, -0.2) is 9.59 Å². The number of hydrogen-bond donors (Lipinski definition) is 5. The summed E-state index contributed by atoms with van der Waals surface area (Å²) in [5.74, 6) is -3.46. The number of nitrogens with one attached hydrogen (secondary N) is 3. The molecular formula is C25H19N3O6S. The summed E-state index contributed by atoms with van der Waals surface area (Å²) in [5.41, 5.74) is 1.18. The van der Waals surface area contributed by atoms with E-state index in [0.29, 0.717) is 11.4 Å². The molecular weight excluding hydrogens is 470 g/mol. The molecule has 9 nitrogen and oxygen atoms in total. The number of amides is 2. The van der Waals surface area contributed by atoms with Gasteiger partial charge in [0.15, 0.2) is 0 Å². The Morgan fingerprint density at radius 1 is 0.800 bits per heavy atom. The molecule has 0 aliphatic heterocycles. The molecule has 1 aromatic heterocycles. The number of fused-ring (bicyclic) bond motifs is 1. The molecule has 3 aromatic carbocycles. The molecule has 0 unspecified atom stereocenters. The molecule has 5 N–H and O–H groups in total. The lowest BCUT2D eigenvalue weighted by atomic mass is 10.0. The van der Waals surface area contributed by atoms with E-state index in [0.717, 1.165) is 27.9 Å². The van der Waals surface area contributed by atoms with Gasteiger partial charge in [0.2, 0.25) is 5.91 Å². The van der Waals surface area contributed by atoms with Crippen LogP contribution in [0.2, 0.25) is 0 Å². The Labute approximate surface area is 203 Å². The molecule has 0 bridgehead atoms. The van der Waals surface area contributed by atoms with Crippen LogP contribution < -0.4 is 10.6 Å². The van der Waals surface area contributed by atoms with E-state index in [1.807, 2.05) is 30.5 Å². The topological polar surface area (TPSA) is 149 Å². The van der Waals surface area contributed by atoms with Crippen molar-refractivity contribution in [2.24, 2.45) is 0 Å². The minimum atomic E-state index is -1.41. The van der Waals surface area contributed by atoms with Crippen LogP contribution in [0.5, 0.6) is 0 Å². The van der Waals surface area contributed by atoms with E-state index >= 15 is 0 Å². The summed E-state index contributed by atoms with van der Waals surface area (Å²) in [7, 11) is 0. The van der Waals surface area contributed by atoms with Gasteiger partial charge in [0.25, 0.3) is 5.91 Å². The SMILES string of the molecule is O=C(CSc1cccc(NC(=O)c2ccc(C(=O)O)cc2C(=O)O)c1)Nc1ccc2cc[nH]c2c1. The first-order valence-corrected chi connectivity index (χ1v) is 11.3. The van der Waals surface area contributed by atoms with Crippen molar-refractivity contribution in [1.82, 2.24) is 4.98 Å². The minimum absolute atomic E-state index is 0.139. The molecule has 4 aromatic rings. The summed E-state index contributed by atoms with van der Waals surface area (Å²) in [6.45, 7) is 0. The molecule has 176 valence electrons. The quantitative estimate of drug-likeness (QED) is 0.228. The van der Waals surface area contributed by atoms with Crippen molar-refractivity contribution in [2.45, 2.75) is 4.90 Å². The second kappa shape index (κ2) is 10.1. The Balaban J connectivity index is 1.40. The lowest BCUT2D eigenvalue weighted by Gasteiger charge is -2.10. The fourth-order valence-corrected chi connectivity index (χ4v) is 4.14. The van der Waals surface area contributed by atoms with Gasteiger partial charge in [-0.05, 0) is 60.0 Å². The number of carboxylic acid groups (broad SMARTS) is 2. The fourth-order valence-electron chi connectivity index (χ4n) is 3.39. The van der Waals surface area contributed by atoms with Crippen LogP contribution in [0.3, 0.4) is 0 Å². The van der Waals surface area contributed by atoms with E-state index in [1.54, 1.807) is 24.3 Å². The number of aromatic nitrogens is 1. The summed E-state index contributed by atoms with van der Waals surface area (Å²) < 4.78 is 0. The van der Waals surface area contributed by atoms with Gasteiger partial charge in [-0.2, -0.15) is 0 Å². The third kappa shape index (κ3) is 5.68. The van der Waals surface area contributed by atoms with Crippen molar-refractivity contribution >= 4 is 57.8 Å². The van der Waals surface area contributed by atoms with Gasteiger partial charge in [-0.3, -0.25) is 9.59 Å². The van der Waals surface area contributed by atoms with Crippen LogP contribution in [0.25, 0.3) is 10.9 Å². The molecule has 35 heavy (non-hydrogen) atoms. The molecule has 2 amide bonds. The number of anilines is 2. The van der Waals surface area contributed by atoms with Crippen LogP contribution in [0.4, 0.5) is 11.4 Å². The first-order chi connectivity index (χ1) is 16.8. The third-order valence-electron chi connectivity index (χ3n) is 5.04. The summed E-state index contributed by atoms with van der Waals surface area (Å²) in [4.78, 5) is 51.5. The number of aromatic amines is 1. The Kier molecular flexibility index (Phi) is 6.83. The lowest BCUT2D eigenvalue weighted by Crippen LogP contribution is -2.17. The zero-order valence-electron chi connectivity index (χ0n) is 18.1. The van der Waals surface area contributed by atoms with E-state index in [2.05, 4.69) is 15.6 Å². The number of benzene rings is 3. The van der Waals surface area contributed by atoms with E-state index in [9.17, 15) is 24.3 Å². The van der Waals surface area contributed by atoms with Crippen molar-refractivity contribution in [1.29, 1.82) is 0 Å². The summed E-state index contributed by atoms with van der Waals surface area (Å²) in [6.07, 6.45) is 1.82. The average molecular weight is 490 g/mol. The van der Waals surface area contributed by atoms with Crippen molar-refractivity contribution in [3.8, 4) is 0 Å². The van der Waals surface area contributed by atoms with Gasteiger partial charge >= 0.3 is 11.9 Å². The maximum absolute atomic E-state index is 12.7. The molecule has 0 atom stereocenters. The number of carbonyl (C=O) groups excluding carboxylic acids is 2. The van der Waals surface area contributed by atoms with E-state index in [4.69, 9.17) is 5.11 Å². The number of aromatic carboxylic acids is 2. The number of carboxylic acids is 2. The fraction of sp³-hybridized carbons (Fsp3) is 0.0400. The van der Waals surface area contributed by atoms with Crippen LogP contribution in [0, 0.1) is 0 Å². The molecule has 0 spiro atoms. The summed E-state index contributed by atoms with van der Waals surface area (Å²) in [5, 5.41) is 25.0. The summed E-state index contributed by atoms with van der Waals surface area (Å²) >= 11 is 1.27. The van der Waals surface area contributed by atoms with Crippen molar-refractivity contribution in [2.75, 3.05) is 16.4 Å². The zero-order chi connectivity index (χ0) is 24.9. The van der Waals surface area contributed by atoms with Gasteiger partial charge in [-0.15, -0.1) is 11.8 Å². The maximum Gasteiger partial charge on any atom is 0.336 e. The number of thioether (sulfide) groups is 1. The molecule has 4 rings (SSSR count). The van der Waals surface area contributed by atoms with Crippen molar-refractivity contribution in [3.05, 3.63) is 89.6 Å². The molecule has 0 saturated heterocycles. The Bertz CT molecular complexity index is 1460. The van der Waals surface area contributed by atoms with E-state index < -0.39 is 23.4 Å². The highest BCUT2D eigenvalue weighted by Crippen LogP contribution is 2.24. The first kappa shape index (κ1) is 23.6. The highest BCUT2D eigenvalue weighted by Gasteiger charge is 2.19. The number of H-pyrrole nitrogens is 1. The average Bonchev–Trinajstić information content (AvgIpc) is 3.30. The van der Waals surface area contributed by atoms with Crippen LogP contribution in [0.1, 0.15) is 31.1 Å². The highest BCUT2D eigenvalue weighted by atomic mass is 32.2. The second-order valence-corrected chi connectivity index (χ2v) is 8.52. The Morgan fingerprint density at radius 3 is 2.37 bits per heavy atom. The van der Waals surface area contributed by atoms with Gasteiger partial charge in [0, 0.05) is 28.0 Å². The van der Waals surface area contributed by atoms with Crippen LogP contribution >= 0.6 is 11.8 Å². The lowest BCUT2D eigenvalue weighted by molar-refractivity contribution is -0.113. The number of rotatable bonds is 8. The van der Waals surface area contributed by atoms with Crippen LogP contribution in [-0.2, 0) is 4.79 Å². The standard InChI is InChI=1S/C25H19N3O6S/c29-22(27-17-6-4-14-8-9-26-21(14)12-17)13-35-18-3-1-2-16(11-18)28-23(30)19-7-5-15(24(31)32)10-20(19)25(33)34/h1-12,26H,13H2,(H,27,29)(H,28,30)(H,31,32)(H,33,34). The molecule has 0 radical (unpaired) electrons. The van der Waals surface area contributed by atoms with Crippen LogP contribution in [0.15, 0.2) is 77.8 Å². The van der Waals surface area contributed by atoms with Gasteiger partial charge in [0.1, 0.15) is 0 Å². The molecule has 0 fully saturated rings. The third-order valence-corrected chi connectivity index (χ3v) is 6.04. The number of hydrogen-bond acceptors (Lipinski definition) is 5. The first-order valence-electron chi connectivity index (χ1n) is 10.3. The molecule has 0 saturated carbocycles. The summed E-state index contributed by atoms with van der Waals surface area (Å²) in [6, 6.07) is 17.6. The van der Waals surface area contributed by atoms with Crippen molar-refractivity contribution < 1.29 is 29.4 Å². The van der Waals surface area contributed by atoms with Gasteiger partial charge in [0.05, 0.1) is 22.4 Å².